The normalized spacial score (nSPS) is 9.78. The lowest BCUT2D eigenvalue weighted by molar-refractivity contribution is 1.09. The molecule has 0 fully saturated rings. The van der Waals surface area contributed by atoms with Crippen LogP contribution in [0.3, 0.4) is 0 Å². The minimum atomic E-state index is 1.25. The fourth-order valence-electron chi connectivity index (χ4n) is 0.222. The maximum atomic E-state index is 2.12. The Morgan fingerprint density at radius 2 is 1.11 bits per heavy atom. The third-order valence-electron chi connectivity index (χ3n) is 0.496. The molecule has 0 rings (SSSR count). The topological polar surface area (TPSA) is 0 Å². The smallest absolute Gasteiger partial charge is 0.0467 e. The van der Waals surface area contributed by atoms with Crippen molar-refractivity contribution < 1.29 is 0 Å². The Labute approximate surface area is 59.3 Å². The van der Waals surface area contributed by atoms with Gasteiger partial charge >= 0.3 is 0 Å². The Morgan fingerprint density at radius 1 is 0.889 bits per heavy atom. The zero-order chi connectivity index (χ0) is 7.54. The van der Waals surface area contributed by atoms with Crippen molar-refractivity contribution in [2.24, 2.45) is 0 Å². The second-order valence-electron chi connectivity index (χ2n) is 1.76. The summed E-state index contributed by atoms with van der Waals surface area (Å²) in [4.78, 5) is 0. The zero-order valence-electron chi connectivity index (χ0n) is 7.02. The number of allylic oxidation sites excluding steroid dienone is 4. The Balaban J connectivity index is 0. The fraction of sp³-hybridized carbons (Fsp3) is 0.556. The standard InChI is InChI=1S/C6H10.C3H8/c1-3-5-6-4-2;1-3-2/h3-6H,1-2H3;3H2,1-2H3/b5-3-,6-4-;. The molecule has 0 nitrogen and oxygen atoms in total. The van der Waals surface area contributed by atoms with Gasteiger partial charge in [-0.05, 0) is 13.8 Å². The number of hydrogen-bond donors (Lipinski definition) is 0. The van der Waals surface area contributed by atoms with Crippen LogP contribution in [-0.4, -0.2) is 0 Å². The van der Waals surface area contributed by atoms with E-state index in [1.54, 1.807) is 0 Å². The first kappa shape index (κ1) is 11.3. The molecular formula is C9H18. The minimum absolute atomic E-state index is 1.25. The van der Waals surface area contributed by atoms with Crippen molar-refractivity contribution >= 4 is 0 Å². The van der Waals surface area contributed by atoms with Crippen LogP contribution in [0.5, 0.6) is 0 Å². The van der Waals surface area contributed by atoms with Crippen LogP contribution < -0.4 is 0 Å². The van der Waals surface area contributed by atoms with E-state index in [0.29, 0.717) is 0 Å². The number of rotatable bonds is 1. The molecule has 0 aliphatic carbocycles. The van der Waals surface area contributed by atoms with Crippen molar-refractivity contribution in [1.82, 2.24) is 0 Å². The molecule has 0 bridgehead atoms. The van der Waals surface area contributed by atoms with Crippen LogP contribution in [0.1, 0.15) is 34.1 Å². The summed E-state index contributed by atoms with van der Waals surface area (Å²) in [6.45, 7) is 8.25. The predicted molar refractivity (Wildman–Crippen MR) is 45.6 cm³/mol. The summed E-state index contributed by atoms with van der Waals surface area (Å²) in [6.07, 6.45) is 9.25. The lowest BCUT2D eigenvalue weighted by Crippen LogP contribution is -1.40. The Bertz CT molecular complexity index is 58.1. The molecule has 0 saturated carbocycles. The molecule has 0 amide bonds. The number of hydrogen-bond acceptors (Lipinski definition) is 0. The van der Waals surface area contributed by atoms with Crippen molar-refractivity contribution in [3.63, 3.8) is 0 Å². The average Bonchev–Trinajstić information content (AvgIpc) is 1.86. The quantitative estimate of drug-likeness (QED) is 0.471. The molecule has 0 unspecified atom stereocenters. The molecular weight excluding hydrogens is 108 g/mol. The Morgan fingerprint density at radius 3 is 1.22 bits per heavy atom. The van der Waals surface area contributed by atoms with Crippen molar-refractivity contribution in [3.05, 3.63) is 24.3 Å². The van der Waals surface area contributed by atoms with E-state index in [-0.39, 0.29) is 0 Å². The SMILES string of the molecule is C/C=C\C=C/C.CCC. The summed E-state index contributed by atoms with van der Waals surface area (Å²) in [7, 11) is 0. The molecule has 54 valence electrons. The van der Waals surface area contributed by atoms with Gasteiger partial charge in [-0.1, -0.05) is 44.6 Å². The average molecular weight is 126 g/mol. The highest BCUT2D eigenvalue weighted by atomic mass is 13.6. The Kier molecular flexibility index (Phi) is 19.6. The lowest BCUT2D eigenvalue weighted by atomic mass is 10.5. The summed E-state index contributed by atoms with van der Waals surface area (Å²) in [6, 6.07) is 0. The van der Waals surface area contributed by atoms with Crippen LogP contribution in [0, 0.1) is 0 Å². The molecule has 0 aliphatic heterocycles. The molecule has 0 aromatic carbocycles. The van der Waals surface area contributed by atoms with Gasteiger partial charge in [-0.15, -0.1) is 0 Å². The van der Waals surface area contributed by atoms with Crippen molar-refractivity contribution in [1.29, 1.82) is 0 Å². The second-order valence-corrected chi connectivity index (χ2v) is 1.76. The highest BCUT2D eigenvalue weighted by Crippen LogP contribution is 1.71. The van der Waals surface area contributed by atoms with Crippen LogP contribution >= 0.6 is 0 Å². The fourth-order valence-corrected chi connectivity index (χ4v) is 0.222. The van der Waals surface area contributed by atoms with Crippen LogP contribution in [-0.2, 0) is 0 Å². The zero-order valence-corrected chi connectivity index (χ0v) is 7.02. The molecule has 0 heterocycles. The lowest BCUT2D eigenvalue weighted by Gasteiger charge is -1.62. The maximum Gasteiger partial charge on any atom is -0.0467 e. The highest BCUT2D eigenvalue weighted by molar-refractivity contribution is 4.98. The van der Waals surface area contributed by atoms with E-state index in [1.807, 2.05) is 38.2 Å². The van der Waals surface area contributed by atoms with Gasteiger partial charge in [-0.25, -0.2) is 0 Å². The molecule has 0 saturated heterocycles. The molecule has 0 spiro atoms. The molecule has 0 heteroatoms. The van der Waals surface area contributed by atoms with E-state index in [1.165, 1.54) is 6.42 Å². The van der Waals surface area contributed by atoms with Crippen LogP contribution in [0.2, 0.25) is 0 Å². The highest BCUT2D eigenvalue weighted by Gasteiger charge is 1.48. The van der Waals surface area contributed by atoms with Crippen LogP contribution in [0.15, 0.2) is 24.3 Å². The van der Waals surface area contributed by atoms with Crippen molar-refractivity contribution in [2.75, 3.05) is 0 Å². The van der Waals surface area contributed by atoms with Gasteiger partial charge in [0, 0.05) is 0 Å². The molecule has 0 aromatic rings. The monoisotopic (exact) mass is 126 g/mol. The first-order valence-corrected chi connectivity index (χ1v) is 3.57. The Hall–Kier alpha value is -0.520. The predicted octanol–water partition coefficient (Wildman–Crippen LogP) is 3.55. The molecule has 0 atom stereocenters. The molecule has 0 aromatic heterocycles. The van der Waals surface area contributed by atoms with E-state index in [0.717, 1.165) is 0 Å². The maximum absolute atomic E-state index is 2.12. The van der Waals surface area contributed by atoms with E-state index in [2.05, 4.69) is 13.8 Å². The van der Waals surface area contributed by atoms with Gasteiger partial charge in [-0.3, -0.25) is 0 Å². The van der Waals surface area contributed by atoms with Crippen molar-refractivity contribution in [2.45, 2.75) is 34.1 Å². The van der Waals surface area contributed by atoms with E-state index in [4.69, 9.17) is 0 Å². The van der Waals surface area contributed by atoms with E-state index < -0.39 is 0 Å². The third-order valence-corrected chi connectivity index (χ3v) is 0.496. The third kappa shape index (κ3) is 36.5. The summed E-state index contributed by atoms with van der Waals surface area (Å²) >= 11 is 0. The van der Waals surface area contributed by atoms with Gasteiger partial charge < -0.3 is 0 Å². The first-order chi connectivity index (χ1) is 4.33. The van der Waals surface area contributed by atoms with Crippen LogP contribution in [0.25, 0.3) is 0 Å². The summed E-state index contributed by atoms with van der Waals surface area (Å²) in [5.74, 6) is 0. The largest absolute Gasteiger partial charge is 0.0877 e. The van der Waals surface area contributed by atoms with E-state index in [9.17, 15) is 0 Å². The molecule has 0 aliphatic rings. The van der Waals surface area contributed by atoms with Gasteiger partial charge in [0.2, 0.25) is 0 Å². The van der Waals surface area contributed by atoms with E-state index >= 15 is 0 Å². The molecule has 0 radical (unpaired) electrons. The van der Waals surface area contributed by atoms with Crippen molar-refractivity contribution in [3.8, 4) is 0 Å². The van der Waals surface area contributed by atoms with Gasteiger partial charge in [0.25, 0.3) is 0 Å². The van der Waals surface area contributed by atoms with Gasteiger partial charge in [-0.2, -0.15) is 0 Å². The molecule has 0 N–H and O–H groups in total. The van der Waals surface area contributed by atoms with Gasteiger partial charge in [0.1, 0.15) is 0 Å². The van der Waals surface area contributed by atoms with Gasteiger partial charge in [0.05, 0.1) is 0 Å². The van der Waals surface area contributed by atoms with Crippen LogP contribution in [0.4, 0.5) is 0 Å². The summed E-state index contributed by atoms with van der Waals surface area (Å²) in [5, 5.41) is 0. The minimum Gasteiger partial charge on any atom is -0.0877 e. The second kappa shape index (κ2) is 15.6. The molecule has 9 heavy (non-hydrogen) atoms. The van der Waals surface area contributed by atoms with Gasteiger partial charge in [0.15, 0.2) is 0 Å². The first-order valence-electron chi connectivity index (χ1n) is 3.57. The summed E-state index contributed by atoms with van der Waals surface area (Å²) in [5.41, 5.74) is 0. The summed E-state index contributed by atoms with van der Waals surface area (Å²) < 4.78 is 0.